The Hall–Kier alpha value is -1.86. The highest BCUT2D eigenvalue weighted by atomic mass is 19.4. The van der Waals surface area contributed by atoms with Gasteiger partial charge in [-0.1, -0.05) is 0 Å². The first-order valence-electron chi connectivity index (χ1n) is 5.54. The van der Waals surface area contributed by atoms with E-state index in [1.165, 1.54) is 13.1 Å². The third kappa shape index (κ3) is 4.08. The van der Waals surface area contributed by atoms with Crippen molar-refractivity contribution in [1.29, 1.82) is 0 Å². The van der Waals surface area contributed by atoms with E-state index in [0.29, 0.717) is 0 Å². The van der Waals surface area contributed by atoms with Crippen LogP contribution in [-0.4, -0.2) is 29.7 Å². The summed E-state index contributed by atoms with van der Waals surface area (Å²) in [6.45, 7) is 3.64. The number of aromatic nitrogens is 2. The van der Waals surface area contributed by atoms with Gasteiger partial charge in [-0.25, -0.2) is 0 Å². The first-order valence-corrected chi connectivity index (χ1v) is 5.54. The SMILES string of the molecule is CNC(=O)C(C)(C)CNc1ccc(C(F)(F)F)nn1. The normalized spacial score (nSPS) is 12.1. The molecule has 1 aromatic heterocycles. The molecule has 0 saturated heterocycles. The lowest BCUT2D eigenvalue weighted by molar-refractivity contribution is -0.141. The van der Waals surface area contributed by atoms with Gasteiger partial charge in [-0.15, -0.1) is 10.2 Å². The number of rotatable bonds is 4. The third-order valence-electron chi connectivity index (χ3n) is 2.51. The first-order chi connectivity index (χ1) is 8.66. The second-order valence-corrected chi connectivity index (χ2v) is 4.62. The molecule has 8 heteroatoms. The molecule has 0 aliphatic carbocycles. The van der Waals surface area contributed by atoms with Gasteiger partial charge >= 0.3 is 6.18 Å². The fourth-order valence-corrected chi connectivity index (χ4v) is 1.31. The zero-order valence-electron chi connectivity index (χ0n) is 10.8. The zero-order chi connectivity index (χ0) is 14.7. The molecule has 0 unspecified atom stereocenters. The Labute approximate surface area is 108 Å². The van der Waals surface area contributed by atoms with E-state index in [-0.39, 0.29) is 18.3 Å². The standard InChI is InChI=1S/C11H15F3N4O/c1-10(2,9(19)15-3)6-16-8-5-4-7(17-18-8)11(12,13)14/h4-5H,6H2,1-3H3,(H,15,19)(H,16,18). The van der Waals surface area contributed by atoms with Gasteiger partial charge in [0.1, 0.15) is 5.82 Å². The molecule has 0 spiro atoms. The Morgan fingerprint density at radius 2 is 1.89 bits per heavy atom. The number of anilines is 1. The lowest BCUT2D eigenvalue weighted by Gasteiger charge is -2.22. The molecule has 0 atom stereocenters. The van der Waals surface area contributed by atoms with Crippen LogP contribution in [0, 0.1) is 5.41 Å². The molecule has 0 aromatic carbocycles. The molecule has 0 saturated carbocycles. The lowest BCUT2D eigenvalue weighted by atomic mass is 9.92. The van der Waals surface area contributed by atoms with E-state index in [0.717, 1.165) is 6.07 Å². The van der Waals surface area contributed by atoms with Gasteiger partial charge < -0.3 is 10.6 Å². The largest absolute Gasteiger partial charge is 0.435 e. The van der Waals surface area contributed by atoms with Crippen molar-refractivity contribution in [2.75, 3.05) is 18.9 Å². The van der Waals surface area contributed by atoms with Crippen LogP contribution < -0.4 is 10.6 Å². The van der Waals surface area contributed by atoms with Gasteiger partial charge in [0.2, 0.25) is 5.91 Å². The summed E-state index contributed by atoms with van der Waals surface area (Å²) in [5, 5.41) is 11.8. The average molecular weight is 276 g/mol. The molecule has 5 nitrogen and oxygen atoms in total. The van der Waals surface area contributed by atoms with Crippen LogP contribution in [0.25, 0.3) is 0 Å². The monoisotopic (exact) mass is 276 g/mol. The molecule has 19 heavy (non-hydrogen) atoms. The molecule has 0 fully saturated rings. The van der Waals surface area contributed by atoms with Crippen LogP contribution in [0.5, 0.6) is 0 Å². The van der Waals surface area contributed by atoms with E-state index in [4.69, 9.17) is 0 Å². The van der Waals surface area contributed by atoms with Crippen molar-refractivity contribution < 1.29 is 18.0 Å². The summed E-state index contributed by atoms with van der Waals surface area (Å²) in [6.07, 6.45) is -4.51. The molecule has 0 aliphatic rings. The van der Waals surface area contributed by atoms with Gasteiger partial charge in [-0.2, -0.15) is 13.2 Å². The zero-order valence-corrected chi connectivity index (χ0v) is 10.8. The van der Waals surface area contributed by atoms with E-state index >= 15 is 0 Å². The van der Waals surface area contributed by atoms with Gasteiger partial charge in [-0.05, 0) is 26.0 Å². The molecule has 1 rings (SSSR count). The van der Waals surface area contributed by atoms with Gasteiger partial charge in [0.15, 0.2) is 5.69 Å². The van der Waals surface area contributed by atoms with Crippen LogP contribution in [0.3, 0.4) is 0 Å². The maximum absolute atomic E-state index is 12.3. The molecular formula is C11H15F3N4O. The summed E-state index contributed by atoms with van der Waals surface area (Å²) in [4.78, 5) is 11.5. The highest BCUT2D eigenvalue weighted by Gasteiger charge is 2.33. The second kappa shape index (κ2) is 5.41. The van der Waals surface area contributed by atoms with E-state index < -0.39 is 17.3 Å². The van der Waals surface area contributed by atoms with Crippen molar-refractivity contribution in [2.24, 2.45) is 5.41 Å². The van der Waals surface area contributed by atoms with Crippen LogP contribution in [0.1, 0.15) is 19.5 Å². The van der Waals surface area contributed by atoms with Crippen molar-refractivity contribution >= 4 is 11.7 Å². The Balaban J connectivity index is 2.67. The van der Waals surface area contributed by atoms with Crippen LogP contribution >= 0.6 is 0 Å². The van der Waals surface area contributed by atoms with E-state index in [1.807, 2.05) is 0 Å². The fourth-order valence-electron chi connectivity index (χ4n) is 1.31. The fraction of sp³-hybridized carbons (Fsp3) is 0.545. The molecule has 0 bridgehead atoms. The van der Waals surface area contributed by atoms with E-state index in [9.17, 15) is 18.0 Å². The van der Waals surface area contributed by atoms with Crippen molar-refractivity contribution in [2.45, 2.75) is 20.0 Å². The molecule has 0 aliphatic heterocycles. The van der Waals surface area contributed by atoms with Crippen molar-refractivity contribution in [1.82, 2.24) is 15.5 Å². The van der Waals surface area contributed by atoms with Crippen molar-refractivity contribution in [3.05, 3.63) is 17.8 Å². The van der Waals surface area contributed by atoms with Crippen LogP contribution in [0.2, 0.25) is 0 Å². The van der Waals surface area contributed by atoms with Crippen LogP contribution in [0.15, 0.2) is 12.1 Å². The number of nitrogens with zero attached hydrogens (tertiary/aromatic N) is 2. The smallest absolute Gasteiger partial charge is 0.368 e. The average Bonchev–Trinajstić information content (AvgIpc) is 2.35. The van der Waals surface area contributed by atoms with Gasteiger partial charge in [0.05, 0.1) is 5.41 Å². The predicted molar refractivity (Wildman–Crippen MR) is 63.4 cm³/mol. The Morgan fingerprint density at radius 1 is 1.26 bits per heavy atom. The topological polar surface area (TPSA) is 66.9 Å². The van der Waals surface area contributed by atoms with Gasteiger partial charge in [0, 0.05) is 13.6 Å². The first kappa shape index (κ1) is 15.2. The predicted octanol–water partition coefficient (Wildman–Crippen LogP) is 1.68. The molecular weight excluding hydrogens is 261 g/mol. The number of halogens is 3. The van der Waals surface area contributed by atoms with Crippen molar-refractivity contribution in [3.63, 3.8) is 0 Å². The summed E-state index contributed by atoms with van der Waals surface area (Å²) < 4.78 is 36.8. The maximum Gasteiger partial charge on any atom is 0.435 e. The maximum atomic E-state index is 12.3. The number of hydrogen-bond donors (Lipinski definition) is 2. The number of hydrogen-bond acceptors (Lipinski definition) is 4. The van der Waals surface area contributed by atoms with E-state index in [2.05, 4.69) is 20.8 Å². The molecule has 1 aromatic rings. The molecule has 2 N–H and O–H groups in total. The summed E-state index contributed by atoms with van der Waals surface area (Å²) in [6, 6.07) is 2.01. The van der Waals surface area contributed by atoms with Crippen LogP contribution in [-0.2, 0) is 11.0 Å². The highest BCUT2D eigenvalue weighted by molar-refractivity contribution is 5.82. The Bertz CT molecular complexity index is 442. The highest BCUT2D eigenvalue weighted by Crippen LogP contribution is 2.27. The number of carbonyl (C=O) groups is 1. The quantitative estimate of drug-likeness (QED) is 0.878. The number of nitrogens with one attached hydrogen (secondary N) is 2. The number of carbonyl (C=O) groups excluding carboxylic acids is 1. The summed E-state index contributed by atoms with van der Waals surface area (Å²) in [7, 11) is 1.52. The van der Waals surface area contributed by atoms with Crippen molar-refractivity contribution in [3.8, 4) is 0 Å². The summed E-state index contributed by atoms with van der Waals surface area (Å²) >= 11 is 0. The molecule has 0 radical (unpaired) electrons. The van der Waals surface area contributed by atoms with Gasteiger partial charge in [0.25, 0.3) is 0 Å². The minimum atomic E-state index is -4.51. The lowest BCUT2D eigenvalue weighted by Crippen LogP contribution is -2.39. The number of alkyl halides is 3. The summed E-state index contributed by atoms with van der Waals surface area (Å²) in [5.41, 5.74) is -1.76. The summed E-state index contributed by atoms with van der Waals surface area (Å²) in [5.74, 6) is 0.00449. The Morgan fingerprint density at radius 3 is 2.32 bits per heavy atom. The molecule has 106 valence electrons. The molecule has 1 amide bonds. The van der Waals surface area contributed by atoms with E-state index in [1.54, 1.807) is 13.8 Å². The molecule has 1 heterocycles. The third-order valence-corrected chi connectivity index (χ3v) is 2.51. The second-order valence-electron chi connectivity index (χ2n) is 4.62. The van der Waals surface area contributed by atoms with Gasteiger partial charge in [-0.3, -0.25) is 4.79 Å². The number of amides is 1. The van der Waals surface area contributed by atoms with Crippen LogP contribution in [0.4, 0.5) is 19.0 Å². The minimum Gasteiger partial charge on any atom is -0.368 e. The Kier molecular flexibility index (Phi) is 4.33. The minimum absolute atomic E-state index is 0.181.